The Morgan fingerprint density at radius 2 is 2.00 bits per heavy atom. The smallest absolute Gasteiger partial charge is 0.180 e. The third-order valence-electron chi connectivity index (χ3n) is 3.76. The molecule has 0 aromatic heterocycles. The van der Waals surface area contributed by atoms with Gasteiger partial charge in [0.15, 0.2) is 9.84 Å². The van der Waals surface area contributed by atoms with Gasteiger partial charge in [-0.05, 0) is 51.4 Å². The molecule has 0 amide bonds. The average Bonchev–Trinajstić information content (AvgIpc) is 3.10. The highest BCUT2D eigenvalue weighted by molar-refractivity contribution is 7.92. The van der Waals surface area contributed by atoms with E-state index in [1.54, 1.807) is 19.9 Å². The largest absolute Gasteiger partial charge is 0.319 e. The molecule has 2 rings (SSSR count). The Bertz CT molecular complexity index is 530. The predicted octanol–water partition coefficient (Wildman–Crippen LogP) is 2.12. The zero-order valence-electron chi connectivity index (χ0n) is 11.2. The molecule has 1 aromatic rings. The molecule has 0 heterocycles. The number of rotatable bonds is 5. The molecular weight excluding hydrogens is 246 g/mol. The molecule has 0 bridgehead atoms. The Kier molecular flexibility index (Phi) is 3.52. The van der Waals surface area contributed by atoms with Crippen LogP contribution in [0.5, 0.6) is 0 Å². The third-order valence-corrected chi connectivity index (χ3v) is 5.92. The van der Waals surface area contributed by atoms with Crippen molar-refractivity contribution in [2.75, 3.05) is 13.6 Å². The third kappa shape index (κ3) is 2.31. The lowest BCUT2D eigenvalue weighted by atomic mass is 9.96. The van der Waals surface area contributed by atoms with Crippen molar-refractivity contribution in [1.82, 2.24) is 5.32 Å². The Morgan fingerprint density at radius 3 is 2.50 bits per heavy atom. The number of hydrogen-bond donors (Lipinski definition) is 1. The maximum atomic E-state index is 12.2. The summed E-state index contributed by atoms with van der Waals surface area (Å²) in [5.41, 5.74) is 1.32. The number of likely N-dealkylation sites (N-methyl/N-ethyl adjacent to an activating group) is 1. The van der Waals surface area contributed by atoms with E-state index in [2.05, 4.69) is 5.32 Å². The second-order valence-electron chi connectivity index (χ2n) is 5.43. The molecule has 0 unspecified atom stereocenters. The van der Waals surface area contributed by atoms with Crippen LogP contribution in [0, 0.1) is 0 Å². The summed E-state index contributed by atoms with van der Waals surface area (Å²) in [5.74, 6) is 0. The first-order chi connectivity index (χ1) is 8.42. The summed E-state index contributed by atoms with van der Waals surface area (Å²) in [6.45, 7) is 4.36. The molecule has 4 heteroatoms. The summed E-state index contributed by atoms with van der Waals surface area (Å²) in [6.07, 6.45) is 2.28. The Hall–Kier alpha value is -0.870. The van der Waals surface area contributed by atoms with Gasteiger partial charge in [0.05, 0.1) is 10.1 Å². The molecule has 18 heavy (non-hydrogen) atoms. The summed E-state index contributed by atoms with van der Waals surface area (Å²) < 4.78 is 24.3. The first kappa shape index (κ1) is 13.6. The Morgan fingerprint density at radius 1 is 1.33 bits per heavy atom. The molecule has 1 aliphatic carbocycles. The lowest BCUT2D eigenvalue weighted by molar-refractivity contribution is 0.586. The van der Waals surface area contributed by atoms with E-state index < -0.39 is 9.84 Å². The van der Waals surface area contributed by atoms with Crippen molar-refractivity contribution in [3.05, 3.63) is 29.8 Å². The lowest BCUT2D eigenvalue weighted by Crippen LogP contribution is -2.24. The number of nitrogens with one attached hydrogen (secondary N) is 1. The molecule has 3 nitrogen and oxygen atoms in total. The molecule has 0 saturated heterocycles. The van der Waals surface area contributed by atoms with Gasteiger partial charge in [-0.1, -0.05) is 12.1 Å². The topological polar surface area (TPSA) is 46.2 Å². The molecule has 0 aliphatic heterocycles. The Balaban J connectivity index is 2.38. The quantitative estimate of drug-likeness (QED) is 0.889. The van der Waals surface area contributed by atoms with Crippen LogP contribution in [0.3, 0.4) is 0 Å². The standard InChI is InChI=1S/C14H21NO2S/c1-11(2)18(16,17)13-6-4-5-12(9-13)14(7-8-14)10-15-3/h4-6,9,11,15H,7-8,10H2,1-3H3. The van der Waals surface area contributed by atoms with Crippen LogP contribution in [-0.4, -0.2) is 27.3 Å². The SMILES string of the molecule is CNCC1(c2cccc(S(=O)(=O)C(C)C)c2)CC1. The molecule has 1 fully saturated rings. The van der Waals surface area contributed by atoms with Crippen LogP contribution in [-0.2, 0) is 15.3 Å². The summed E-state index contributed by atoms with van der Waals surface area (Å²) in [6, 6.07) is 7.47. The van der Waals surface area contributed by atoms with Gasteiger partial charge in [0.25, 0.3) is 0 Å². The van der Waals surface area contributed by atoms with Crippen LogP contribution >= 0.6 is 0 Å². The van der Waals surface area contributed by atoms with Gasteiger partial charge in [0.2, 0.25) is 0 Å². The van der Waals surface area contributed by atoms with Crippen molar-refractivity contribution in [2.24, 2.45) is 0 Å². The minimum absolute atomic E-state index is 0.164. The van der Waals surface area contributed by atoms with E-state index in [0.717, 1.165) is 24.9 Å². The van der Waals surface area contributed by atoms with Crippen molar-refractivity contribution in [3.8, 4) is 0 Å². The van der Waals surface area contributed by atoms with Crippen LogP contribution < -0.4 is 5.32 Å². The van der Waals surface area contributed by atoms with Crippen LogP contribution in [0.2, 0.25) is 0 Å². The fraction of sp³-hybridized carbons (Fsp3) is 0.571. The summed E-state index contributed by atoms with van der Waals surface area (Å²) in [4.78, 5) is 0.456. The van der Waals surface area contributed by atoms with Gasteiger partial charge in [0.1, 0.15) is 0 Å². The molecule has 100 valence electrons. The molecule has 0 radical (unpaired) electrons. The second-order valence-corrected chi connectivity index (χ2v) is 7.94. The zero-order valence-corrected chi connectivity index (χ0v) is 12.0. The number of benzene rings is 1. The van der Waals surface area contributed by atoms with E-state index in [1.165, 1.54) is 0 Å². The fourth-order valence-corrected chi connectivity index (χ4v) is 3.44. The molecule has 0 spiro atoms. The van der Waals surface area contributed by atoms with E-state index >= 15 is 0 Å². The molecule has 1 saturated carbocycles. The maximum absolute atomic E-state index is 12.2. The highest BCUT2D eigenvalue weighted by Crippen LogP contribution is 2.48. The minimum atomic E-state index is -3.17. The van der Waals surface area contributed by atoms with Gasteiger partial charge in [0, 0.05) is 12.0 Å². The van der Waals surface area contributed by atoms with Crippen LogP contribution in [0.4, 0.5) is 0 Å². The molecule has 0 atom stereocenters. The molecule has 1 aliphatic rings. The molecule has 1 aromatic carbocycles. The zero-order chi connectivity index (χ0) is 13.4. The van der Waals surface area contributed by atoms with Crippen LogP contribution in [0.1, 0.15) is 32.3 Å². The van der Waals surface area contributed by atoms with Gasteiger partial charge in [-0.3, -0.25) is 0 Å². The second kappa shape index (κ2) is 4.67. The monoisotopic (exact) mass is 267 g/mol. The van der Waals surface area contributed by atoms with E-state index in [1.807, 2.05) is 25.2 Å². The normalized spacial score (nSPS) is 18.0. The Labute approximate surface area is 110 Å². The van der Waals surface area contributed by atoms with Crippen molar-refractivity contribution in [1.29, 1.82) is 0 Å². The van der Waals surface area contributed by atoms with E-state index in [0.29, 0.717) is 4.90 Å². The first-order valence-electron chi connectivity index (χ1n) is 6.41. The molecule has 1 N–H and O–H groups in total. The maximum Gasteiger partial charge on any atom is 0.180 e. The summed E-state index contributed by atoms with van der Waals surface area (Å²) in [7, 11) is -1.23. The van der Waals surface area contributed by atoms with Gasteiger partial charge < -0.3 is 5.32 Å². The van der Waals surface area contributed by atoms with Crippen molar-refractivity contribution < 1.29 is 8.42 Å². The van der Waals surface area contributed by atoms with Gasteiger partial charge in [-0.2, -0.15) is 0 Å². The average molecular weight is 267 g/mol. The summed E-state index contributed by atoms with van der Waals surface area (Å²) >= 11 is 0. The van der Waals surface area contributed by atoms with E-state index in [4.69, 9.17) is 0 Å². The number of hydrogen-bond acceptors (Lipinski definition) is 3. The van der Waals surface area contributed by atoms with Crippen molar-refractivity contribution >= 4 is 9.84 Å². The van der Waals surface area contributed by atoms with E-state index in [-0.39, 0.29) is 10.7 Å². The van der Waals surface area contributed by atoms with Crippen LogP contribution in [0.15, 0.2) is 29.2 Å². The fourth-order valence-electron chi connectivity index (χ4n) is 2.33. The van der Waals surface area contributed by atoms with Gasteiger partial charge >= 0.3 is 0 Å². The van der Waals surface area contributed by atoms with Crippen molar-refractivity contribution in [3.63, 3.8) is 0 Å². The van der Waals surface area contributed by atoms with Gasteiger partial charge in [-0.25, -0.2) is 8.42 Å². The minimum Gasteiger partial charge on any atom is -0.319 e. The van der Waals surface area contributed by atoms with Gasteiger partial charge in [-0.15, -0.1) is 0 Å². The van der Waals surface area contributed by atoms with Crippen LogP contribution in [0.25, 0.3) is 0 Å². The summed E-state index contributed by atoms with van der Waals surface area (Å²) in [5, 5.41) is 2.83. The van der Waals surface area contributed by atoms with E-state index in [9.17, 15) is 8.42 Å². The molecular formula is C14H21NO2S. The highest BCUT2D eigenvalue weighted by atomic mass is 32.2. The lowest BCUT2D eigenvalue weighted by Gasteiger charge is -2.17. The van der Waals surface area contributed by atoms with Crippen molar-refractivity contribution in [2.45, 2.75) is 42.2 Å². The highest BCUT2D eigenvalue weighted by Gasteiger charge is 2.43. The first-order valence-corrected chi connectivity index (χ1v) is 7.96. The predicted molar refractivity (Wildman–Crippen MR) is 73.6 cm³/mol. The number of sulfone groups is 1.